The van der Waals surface area contributed by atoms with Crippen molar-refractivity contribution in [2.45, 2.75) is 26.2 Å². The van der Waals surface area contributed by atoms with Crippen molar-refractivity contribution >= 4 is 21.8 Å². The average Bonchev–Trinajstić information content (AvgIpc) is 3.54. The van der Waals surface area contributed by atoms with Gasteiger partial charge in [-0.05, 0) is 65.6 Å². The minimum atomic E-state index is -0.0257. The van der Waals surface area contributed by atoms with Gasteiger partial charge in [0, 0.05) is 41.5 Å². The maximum Gasteiger partial charge on any atom is 0.137 e. The van der Waals surface area contributed by atoms with E-state index < -0.39 is 0 Å². The van der Waals surface area contributed by atoms with Crippen molar-refractivity contribution in [1.82, 2.24) is 19.3 Å². The van der Waals surface area contributed by atoms with Crippen molar-refractivity contribution in [3.8, 4) is 29.1 Å². The van der Waals surface area contributed by atoms with Crippen LogP contribution < -0.4 is 4.74 Å². The van der Waals surface area contributed by atoms with E-state index >= 15 is 0 Å². The van der Waals surface area contributed by atoms with Crippen molar-refractivity contribution < 1.29 is 4.74 Å². The van der Waals surface area contributed by atoms with Crippen molar-refractivity contribution in [1.29, 1.82) is 5.26 Å². The molecule has 0 aliphatic rings. The Kier molecular flexibility index (Phi) is 5.27. The zero-order valence-corrected chi connectivity index (χ0v) is 20.9. The van der Waals surface area contributed by atoms with Gasteiger partial charge in [-0.15, -0.1) is 0 Å². The van der Waals surface area contributed by atoms with Crippen LogP contribution in [0, 0.1) is 11.3 Å². The molecule has 0 radical (unpaired) electrons. The normalized spacial score (nSPS) is 11.6. The Morgan fingerprint density at radius 3 is 2.35 bits per heavy atom. The predicted molar refractivity (Wildman–Crippen MR) is 146 cm³/mol. The molecule has 6 nitrogen and oxygen atoms in total. The summed E-state index contributed by atoms with van der Waals surface area (Å²) in [7, 11) is 0. The fraction of sp³-hybridized carbons (Fsp3) is 0.129. The molecule has 0 fully saturated rings. The summed E-state index contributed by atoms with van der Waals surface area (Å²) in [6.45, 7) is 6.57. The van der Waals surface area contributed by atoms with E-state index in [1.807, 2.05) is 73.1 Å². The van der Waals surface area contributed by atoms with E-state index in [1.165, 1.54) is 5.56 Å². The third kappa shape index (κ3) is 4.11. The summed E-state index contributed by atoms with van der Waals surface area (Å²) in [4.78, 5) is 4.73. The Morgan fingerprint density at radius 2 is 1.59 bits per heavy atom. The fourth-order valence-electron chi connectivity index (χ4n) is 4.63. The molecule has 0 bridgehead atoms. The van der Waals surface area contributed by atoms with E-state index in [0.29, 0.717) is 11.3 Å². The van der Waals surface area contributed by atoms with Crippen LogP contribution in [0.15, 0.2) is 97.5 Å². The van der Waals surface area contributed by atoms with Gasteiger partial charge in [-0.3, -0.25) is 4.57 Å². The molecule has 0 aliphatic carbocycles. The number of benzene rings is 3. The number of pyridine rings is 1. The molecule has 3 aromatic heterocycles. The molecule has 0 atom stereocenters. The van der Waals surface area contributed by atoms with E-state index in [1.54, 1.807) is 10.9 Å². The van der Waals surface area contributed by atoms with E-state index in [2.05, 4.69) is 54.7 Å². The summed E-state index contributed by atoms with van der Waals surface area (Å²) in [5.41, 5.74) is 4.59. The molecule has 0 saturated heterocycles. The molecule has 0 spiro atoms. The first-order valence-corrected chi connectivity index (χ1v) is 12.1. The maximum atomic E-state index is 9.58. The van der Waals surface area contributed by atoms with Crippen molar-refractivity contribution in [3.05, 3.63) is 109 Å². The lowest BCUT2D eigenvalue weighted by atomic mass is 9.88. The lowest BCUT2D eigenvalue weighted by Gasteiger charge is -2.20. The monoisotopic (exact) mass is 483 g/mol. The number of ether oxygens (including phenoxy) is 1. The SMILES string of the molecule is CC(C)(C)c1ccnc(-n2c3cc(C#N)ccc3c3ccc(Oc4cccc(-n5cccn5)c4)cc32)c1. The first-order valence-electron chi connectivity index (χ1n) is 12.1. The van der Waals surface area contributed by atoms with Gasteiger partial charge in [0.05, 0.1) is 28.4 Å². The average molecular weight is 484 g/mol. The molecule has 0 unspecified atom stereocenters. The second-order valence-electron chi connectivity index (χ2n) is 10.1. The van der Waals surface area contributed by atoms with Crippen LogP contribution in [0.4, 0.5) is 0 Å². The van der Waals surface area contributed by atoms with Crippen molar-refractivity contribution in [2.75, 3.05) is 0 Å². The van der Waals surface area contributed by atoms with Gasteiger partial charge in [0.15, 0.2) is 0 Å². The van der Waals surface area contributed by atoms with Crippen LogP contribution in [0.2, 0.25) is 0 Å². The smallest absolute Gasteiger partial charge is 0.137 e. The van der Waals surface area contributed by atoms with Crippen LogP contribution in [0.1, 0.15) is 31.9 Å². The third-order valence-electron chi connectivity index (χ3n) is 6.53. The van der Waals surface area contributed by atoms with Gasteiger partial charge >= 0.3 is 0 Å². The molecule has 3 heterocycles. The molecule has 0 aliphatic heterocycles. The second kappa shape index (κ2) is 8.65. The Balaban J connectivity index is 1.52. The van der Waals surface area contributed by atoms with Gasteiger partial charge in [0.2, 0.25) is 0 Å². The third-order valence-corrected chi connectivity index (χ3v) is 6.53. The topological polar surface area (TPSA) is 68.7 Å². The molecular formula is C31H25N5O. The minimum absolute atomic E-state index is 0.0257. The summed E-state index contributed by atoms with van der Waals surface area (Å²) in [5.74, 6) is 2.23. The van der Waals surface area contributed by atoms with Crippen LogP contribution in [-0.4, -0.2) is 19.3 Å². The van der Waals surface area contributed by atoms with Crippen molar-refractivity contribution in [3.63, 3.8) is 0 Å². The number of hydrogen-bond acceptors (Lipinski definition) is 4. The number of nitrogens with zero attached hydrogens (tertiary/aromatic N) is 5. The molecule has 0 N–H and O–H groups in total. The van der Waals surface area contributed by atoms with Gasteiger partial charge in [0.25, 0.3) is 0 Å². The van der Waals surface area contributed by atoms with Crippen LogP contribution in [0.25, 0.3) is 33.3 Å². The highest BCUT2D eigenvalue weighted by molar-refractivity contribution is 6.09. The molecule has 6 heteroatoms. The molecule has 0 amide bonds. The highest BCUT2D eigenvalue weighted by Crippen LogP contribution is 2.36. The van der Waals surface area contributed by atoms with Gasteiger partial charge in [0.1, 0.15) is 17.3 Å². The molecule has 37 heavy (non-hydrogen) atoms. The highest BCUT2D eigenvalue weighted by Gasteiger charge is 2.18. The maximum absolute atomic E-state index is 9.58. The number of hydrogen-bond donors (Lipinski definition) is 0. The van der Waals surface area contributed by atoms with E-state index in [-0.39, 0.29) is 5.41 Å². The standard InChI is InChI=1S/C31H25N5O/c1-31(2,3)22-12-14-33-30(17-22)36-28-16-21(20-32)8-10-26(28)27-11-9-25(19-29(27)36)37-24-7-4-6-23(18-24)35-15-5-13-34-35/h4-19H,1-3H3. The fourth-order valence-corrected chi connectivity index (χ4v) is 4.63. The predicted octanol–water partition coefficient (Wildman–Crippen LogP) is 7.33. The summed E-state index contributed by atoms with van der Waals surface area (Å²) in [5, 5.41) is 16.0. The highest BCUT2D eigenvalue weighted by atomic mass is 16.5. The summed E-state index contributed by atoms with van der Waals surface area (Å²) >= 11 is 0. The first-order chi connectivity index (χ1) is 17.9. The van der Waals surface area contributed by atoms with E-state index in [4.69, 9.17) is 9.72 Å². The molecule has 0 saturated carbocycles. The Bertz CT molecular complexity index is 1800. The first kappa shape index (κ1) is 22.6. The van der Waals surface area contributed by atoms with E-state index in [0.717, 1.165) is 39.1 Å². The molecule has 6 aromatic rings. The van der Waals surface area contributed by atoms with Crippen LogP contribution in [0.3, 0.4) is 0 Å². The molecule has 3 aromatic carbocycles. The van der Waals surface area contributed by atoms with Crippen LogP contribution in [0.5, 0.6) is 11.5 Å². The van der Waals surface area contributed by atoms with Gasteiger partial charge in [-0.1, -0.05) is 32.9 Å². The van der Waals surface area contributed by atoms with E-state index in [9.17, 15) is 5.26 Å². The molecule has 6 rings (SSSR count). The summed E-state index contributed by atoms with van der Waals surface area (Å²) in [6.07, 6.45) is 5.50. The van der Waals surface area contributed by atoms with Crippen LogP contribution in [-0.2, 0) is 5.41 Å². The number of nitriles is 1. The molecular weight excluding hydrogens is 458 g/mol. The van der Waals surface area contributed by atoms with Crippen LogP contribution >= 0.6 is 0 Å². The Morgan fingerprint density at radius 1 is 0.811 bits per heavy atom. The number of aromatic nitrogens is 4. The Labute approximate surface area is 215 Å². The summed E-state index contributed by atoms with van der Waals surface area (Å²) < 4.78 is 10.2. The van der Waals surface area contributed by atoms with Gasteiger partial charge < -0.3 is 4.74 Å². The number of rotatable bonds is 4. The quantitative estimate of drug-likeness (QED) is 0.263. The lowest BCUT2D eigenvalue weighted by Crippen LogP contribution is -2.12. The molecule has 180 valence electrons. The summed E-state index contributed by atoms with van der Waals surface area (Å²) in [6, 6.07) is 28.0. The van der Waals surface area contributed by atoms with Gasteiger partial charge in [-0.25, -0.2) is 9.67 Å². The zero-order chi connectivity index (χ0) is 25.6. The number of fused-ring (bicyclic) bond motifs is 3. The zero-order valence-electron chi connectivity index (χ0n) is 20.9. The Hall–Kier alpha value is -4.89. The van der Waals surface area contributed by atoms with Crippen molar-refractivity contribution in [2.24, 2.45) is 0 Å². The lowest BCUT2D eigenvalue weighted by molar-refractivity contribution is 0.483. The van der Waals surface area contributed by atoms with Gasteiger partial charge in [-0.2, -0.15) is 10.4 Å². The second-order valence-corrected chi connectivity index (χ2v) is 10.1. The minimum Gasteiger partial charge on any atom is -0.457 e. The largest absolute Gasteiger partial charge is 0.457 e.